The largest absolute Gasteiger partial charge is 0.353 e. The zero-order chi connectivity index (χ0) is 12.1. The van der Waals surface area contributed by atoms with Crippen LogP contribution in [0.25, 0.3) is 0 Å². The Morgan fingerprint density at radius 2 is 1.88 bits per heavy atom. The van der Waals surface area contributed by atoms with Crippen LogP contribution in [-0.4, -0.2) is 29.5 Å². The molecule has 2 rings (SSSR count). The van der Waals surface area contributed by atoms with Gasteiger partial charge >= 0.3 is 0 Å². The summed E-state index contributed by atoms with van der Waals surface area (Å²) in [5.41, 5.74) is 0. The van der Waals surface area contributed by atoms with Gasteiger partial charge in [0.15, 0.2) is 6.29 Å². The molecule has 1 heterocycles. The number of halogens is 1. The molecule has 1 aromatic carbocycles. The van der Waals surface area contributed by atoms with Crippen LogP contribution in [0.1, 0.15) is 12.8 Å². The standard InChI is InChI=1S/C12H15ClO3S/c13-10-2-4-11(5-3-10)17(14)9-6-12-15-7-1-8-16-12/h2-5,12H,1,6-9H2. The number of hydrogen-bond donors (Lipinski definition) is 0. The van der Waals surface area contributed by atoms with Crippen molar-refractivity contribution in [3.63, 3.8) is 0 Å². The zero-order valence-electron chi connectivity index (χ0n) is 9.43. The Bertz CT molecular complexity index is 374. The molecule has 0 bridgehead atoms. The SMILES string of the molecule is O=S(CCC1OCCCO1)c1ccc(Cl)cc1. The molecule has 3 nitrogen and oxygen atoms in total. The molecule has 94 valence electrons. The van der Waals surface area contributed by atoms with Gasteiger partial charge in [0.25, 0.3) is 0 Å². The fourth-order valence-electron chi connectivity index (χ4n) is 1.61. The zero-order valence-corrected chi connectivity index (χ0v) is 11.0. The van der Waals surface area contributed by atoms with E-state index in [1.165, 1.54) is 0 Å². The van der Waals surface area contributed by atoms with Crippen molar-refractivity contribution in [2.24, 2.45) is 0 Å². The van der Waals surface area contributed by atoms with Gasteiger partial charge < -0.3 is 9.47 Å². The molecule has 5 heteroatoms. The van der Waals surface area contributed by atoms with E-state index >= 15 is 0 Å². The maximum Gasteiger partial charge on any atom is 0.158 e. The molecule has 1 aromatic rings. The third-order valence-electron chi connectivity index (χ3n) is 2.51. The molecule has 0 spiro atoms. The van der Waals surface area contributed by atoms with Gasteiger partial charge in [-0.2, -0.15) is 0 Å². The van der Waals surface area contributed by atoms with Gasteiger partial charge in [-0.3, -0.25) is 4.21 Å². The third-order valence-corrected chi connectivity index (χ3v) is 4.17. The molecule has 0 N–H and O–H groups in total. The number of benzene rings is 1. The summed E-state index contributed by atoms with van der Waals surface area (Å²) in [4.78, 5) is 0.796. The summed E-state index contributed by atoms with van der Waals surface area (Å²) in [6.45, 7) is 1.47. The second-order valence-electron chi connectivity index (χ2n) is 3.82. The lowest BCUT2D eigenvalue weighted by Crippen LogP contribution is -2.26. The summed E-state index contributed by atoms with van der Waals surface area (Å²) in [6, 6.07) is 7.09. The van der Waals surface area contributed by atoms with Crippen LogP contribution in [0.2, 0.25) is 5.02 Å². The van der Waals surface area contributed by atoms with Gasteiger partial charge in [0, 0.05) is 22.1 Å². The molecule has 1 aliphatic rings. The Balaban J connectivity index is 1.82. The van der Waals surface area contributed by atoms with E-state index in [-0.39, 0.29) is 6.29 Å². The van der Waals surface area contributed by atoms with E-state index < -0.39 is 10.8 Å². The fourth-order valence-corrected chi connectivity index (χ4v) is 2.82. The van der Waals surface area contributed by atoms with Crippen LogP contribution >= 0.6 is 11.6 Å². The van der Waals surface area contributed by atoms with Crippen LogP contribution in [0.3, 0.4) is 0 Å². The lowest BCUT2D eigenvalue weighted by molar-refractivity contribution is -0.178. The summed E-state index contributed by atoms with van der Waals surface area (Å²) >= 11 is 5.78. The maximum atomic E-state index is 12.0. The van der Waals surface area contributed by atoms with Crippen molar-refractivity contribution in [3.05, 3.63) is 29.3 Å². The topological polar surface area (TPSA) is 35.5 Å². The van der Waals surface area contributed by atoms with Gasteiger partial charge in [-0.15, -0.1) is 0 Å². The average Bonchev–Trinajstić information content (AvgIpc) is 2.38. The van der Waals surface area contributed by atoms with Gasteiger partial charge in [0.2, 0.25) is 0 Å². The van der Waals surface area contributed by atoms with Crippen LogP contribution in [0.5, 0.6) is 0 Å². The van der Waals surface area contributed by atoms with Crippen LogP contribution in [-0.2, 0) is 20.3 Å². The van der Waals surface area contributed by atoms with Gasteiger partial charge in [-0.25, -0.2) is 0 Å². The first kappa shape index (κ1) is 13.0. The Morgan fingerprint density at radius 1 is 1.24 bits per heavy atom. The first-order valence-electron chi connectivity index (χ1n) is 5.63. The minimum atomic E-state index is -1.01. The van der Waals surface area contributed by atoms with E-state index in [9.17, 15) is 4.21 Å². The second-order valence-corrected chi connectivity index (χ2v) is 5.82. The van der Waals surface area contributed by atoms with Gasteiger partial charge in [-0.05, 0) is 30.7 Å². The van der Waals surface area contributed by atoms with Crippen LogP contribution in [0.15, 0.2) is 29.2 Å². The molecule has 0 saturated carbocycles. The Kier molecular flexibility index (Phi) is 4.98. The van der Waals surface area contributed by atoms with Crippen LogP contribution < -0.4 is 0 Å². The van der Waals surface area contributed by atoms with Crippen molar-refractivity contribution in [2.75, 3.05) is 19.0 Å². The summed E-state index contributed by atoms with van der Waals surface area (Å²) in [6.07, 6.45) is 1.41. The van der Waals surface area contributed by atoms with E-state index in [1.54, 1.807) is 24.3 Å². The van der Waals surface area contributed by atoms with Crippen molar-refractivity contribution < 1.29 is 13.7 Å². The highest BCUT2D eigenvalue weighted by atomic mass is 35.5. The number of ether oxygens (including phenoxy) is 2. The Morgan fingerprint density at radius 3 is 2.53 bits per heavy atom. The van der Waals surface area contributed by atoms with E-state index in [0.29, 0.717) is 17.2 Å². The molecule has 1 unspecified atom stereocenters. The van der Waals surface area contributed by atoms with Gasteiger partial charge in [0.1, 0.15) is 0 Å². The van der Waals surface area contributed by atoms with E-state index in [4.69, 9.17) is 21.1 Å². The Hall–Kier alpha value is -0.420. The third kappa shape index (κ3) is 4.07. The van der Waals surface area contributed by atoms with Crippen LogP contribution in [0.4, 0.5) is 0 Å². The second kappa shape index (κ2) is 6.50. The summed E-state index contributed by atoms with van der Waals surface area (Å²) in [5, 5.41) is 0.657. The van der Waals surface area contributed by atoms with Crippen molar-refractivity contribution in [1.82, 2.24) is 0 Å². The predicted octanol–water partition coefficient (Wildman–Crippen LogP) is 2.60. The van der Waals surface area contributed by atoms with Crippen LogP contribution in [0, 0.1) is 0 Å². The molecular weight excluding hydrogens is 260 g/mol. The lowest BCUT2D eigenvalue weighted by Gasteiger charge is -2.22. The lowest BCUT2D eigenvalue weighted by atomic mass is 10.4. The molecule has 1 fully saturated rings. The van der Waals surface area contributed by atoms with Crippen molar-refractivity contribution in [2.45, 2.75) is 24.0 Å². The number of hydrogen-bond acceptors (Lipinski definition) is 3. The highest BCUT2D eigenvalue weighted by Gasteiger charge is 2.15. The normalized spacial score (nSPS) is 19.1. The smallest absolute Gasteiger partial charge is 0.158 e. The minimum Gasteiger partial charge on any atom is -0.353 e. The van der Waals surface area contributed by atoms with Crippen molar-refractivity contribution in [3.8, 4) is 0 Å². The van der Waals surface area contributed by atoms with Gasteiger partial charge in [0.05, 0.1) is 24.0 Å². The van der Waals surface area contributed by atoms with E-state index in [2.05, 4.69) is 0 Å². The number of rotatable bonds is 4. The summed E-state index contributed by atoms with van der Waals surface area (Å²) < 4.78 is 22.8. The average molecular weight is 275 g/mol. The molecule has 0 aromatic heterocycles. The predicted molar refractivity (Wildman–Crippen MR) is 67.7 cm³/mol. The van der Waals surface area contributed by atoms with Gasteiger partial charge in [-0.1, -0.05) is 11.6 Å². The summed E-state index contributed by atoms with van der Waals surface area (Å²) in [7, 11) is -1.01. The maximum absolute atomic E-state index is 12.0. The molecule has 0 aliphatic carbocycles. The quantitative estimate of drug-likeness (QED) is 0.847. The highest BCUT2D eigenvalue weighted by molar-refractivity contribution is 7.85. The van der Waals surface area contributed by atoms with Crippen molar-refractivity contribution >= 4 is 22.4 Å². The molecule has 0 amide bonds. The molecule has 17 heavy (non-hydrogen) atoms. The molecule has 1 atom stereocenters. The van der Waals surface area contributed by atoms with E-state index in [1.807, 2.05) is 0 Å². The Labute approximate surface area is 109 Å². The minimum absolute atomic E-state index is 0.194. The van der Waals surface area contributed by atoms with Crippen molar-refractivity contribution in [1.29, 1.82) is 0 Å². The molecule has 0 radical (unpaired) electrons. The highest BCUT2D eigenvalue weighted by Crippen LogP contribution is 2.15. The molecule has 1 aliphatic heterocycles. The molecular formula is C12H15ClO3S. The first-order chi connectivity index (χ1) is 8.25. The first-order valence-corrected chi connectivity index (χ1v) is 7.32. The van der Waals surface area contributed by atoms with E-state index in [0.717, 1.165) is 24.5 Å². The molecule has 1 saturated heterocycles. The summed E-state index contributed by atoms with van der Waals surface area (Å²) in [5.74, 6) is 0.548. The monoisotopic (exact) mass is 274 g/mol. The fraction of sp³-hybridized carbons (Fsp3) is 0.500.